The Labute approximate surface area is 192 Å². The van der Waals surface area contributed by atoms with Crippen molar-refractivity contribution in [3.05, 3.63) is 51.1 Å². The lowest BCUT2D eigenvalue weighted by Crippen LogP contribution is -2.16. The van der Waals surface area contributed by atoms with Gasteiger partial charge in [0.1, 0.15) is 17.4 Å². The number of nitrogens with zero attached hydrogens (tertiary/aromatic N) is 3. The van der Waals surface area contributed by atoms with E-state index < -0.39 is 5.97 Å². The van der Waals surface area contributed by atoms with Crippen LogP contribution in [-0.2, 0) is 23.2 Å². The van der Waals surface area contributed by atoms with Gasteiger partial charge in [0.15, 0.2) is 11.0 Å². The summed E-state index contributed by atoms with van der Waals surface area (Å²) in [4.78, 5) is 25.5. The standard InChI is InChI=1S/C20H21ClN4O4S2/c1-11-12(2)31-18(17(11)19(27)28-4)22-16(26)10-30-20-24-23-15(25(20)3)9-29-14-8-6-5-7-13(14)21/h5-8H,9-10H2,1-4H3,(H,22,26). The molecule has 0 saturated carbocycles. The maximum Gasteiger partial charge on any atom is 0.341 e. The molecule has 1 aromatic carbocycles. The van der Waals surface area contributed by atoms with Crippen LogP contribution < -0.4 is 10.1 Å². The van der Waals surface area contributed by atoms with Gasteiger partial charge in [0, 0.05) is 11.9 Å². The summed E-state index contributed by atoms with van der Waals surface area (Å²) in [6.45, 7) is 3.91. The number of para-hydroxylation sites is 1. The Balaban J connectivity index is 1.60. The number of rotatable bonds is 8. The molecule has 0 atom stereocenters. The van der Waals surface area contributed by atoms with Gasteiger partial charge >= 0.3 is 5.97 Å². The number of ether oxygens (including phenoxy) is 2. The number of carbonyl (C=O) groups is 2. The Hall–Kier alpha value is -2.56. The summed E-state index contributed by atoms with van der Waals surface area (Å²) in [6.07, 6.45) is 0. The summed E-state index contributed by atoms with van der Waals surface area (Å²) in [6, 6.07) is 7.18. The first-order valence-corrected chi connectivity index (χ1v) is 11.4. The van der Waals surface area contributed by atoms with Crippen LogP contribution in [0.25, 0.3) is 0 Å². The zero-order valence-corrected chi connectivity index (χ0v) is 19.8. The quantitative estimate of drug-likeness (QED) is 0.380. The molecule has 164 valence electrons. The number of anilines is 1. The Morgan fingerprint density at radius 3 is 2.71 bits per heavy atom. The van der Waals surface area contributed by atoms with Crippen molar-refractivity contribution in [3.8, 4) is 5.75 Å². The van der Waals surface area contributed by atoms with Gasteiger partial charge in [-0.05, 0) is 31.5 Å². The van der Waals surface area contributed by atoms with Crippen molar-refractivity contribution in [3.63, 3.8) is 0 Å². The predicted octanol–water partition coefficient (Wildman–Crippen LogP) is 4.24. The first-order chi connectivity index (χ1) is 14.8. The van der Waals surface area contributed by atoms with E-state index in [9.17, 15) is 9.59 Å². The molecule has 0 aliphatic carbocycles. The SMILES string of the molecule is COC(=O)c1c(NC(=O)CSc2nnc(COc3ccccc3Cl)n2C)sc(C)c1C. The molecule has 3 rings (SSSR count). The van der Waals surface area contributed by atoms with E-state index in [1.807, 2.05) is 26.0 Å². The molecule has 3 aromatic rings. The first kappa shape index (κ1) is 23.1. The Morgan fingerprint density at radius 1 is 1.26 bits per heavy atom. The average Bonchev–Trinajstić information content (AvgIpc) is 3.24. The number of amides is 1. The maximum atomic E-state index is 12.5. The topological polar surface area (TPSA) is 95.3 Å². The molecular formula is C20H21ClN4O4S2. The van der Waals surface area contributed by atoms with E-state index in [0.29, 0.717) is 32.3 Å². The Kier molecular flexibility index (Phi) is 7.58. The summed E-state index contributed by atoms with van der Waals surface area (Å²) in [5.74, 6) is 0.534. The van der Waals surface area contributed by atoms with Crippen molar-refractivity contribution in [1.82, 2.24) is 14.8 Å². The summed E-state index contributed by atoms with van der Waals surface area (Å²) in [5.41, 5.74) is 1.19. The molecule has 0 unspecified atom stereocenters. The molecule has 31 heavy (non-hydrogen) atoms. The summed E-state index contributed by atoms with van der Waals surface area (Å²) < 4.78 is 12.3. The van der Waals surface area contributed by atoms with Crippen LogP contribution in [-0.4, -0.2) is 39.5 Å². The van der Waals surface area contributed by atoms with Gasteiger partial charge < -0.3 is 19.4 Å². The molecule has 0 spiro atoms. The summed E-state index contributed by atoms with van der Waals surface area (Å²) in [7, 11) is 3.12. The lowest BCUT2D eigenvalue weighted by molar-refractivity contribution is -0.113. The van der Waals surface area contributed by atoms with Crippen LogP contribution in [0.3, 0.4) is 0 Å². The van der Waals surface area contributed by atoms with Gasteiger partial charge in [-0.15, -0.1) is 21.5 Å². The van der Waals surface area contributed by atoms with E-state index in [-0.39, 0.29) is 18.3 Å². The monoisotopic (exact) mass is 480 g/mol. The van der Waals surface area contributed by atoms with Crippen LogP contribution in [0.15, 0.2) is 29.4 Å². The third-order valence-electron chi connectivity index (χ3n) is 4.48. The van der Waals surface area contributed by atoms with E-state index in [1.54, 1.807) is 23.7 Å². The van der Waals surface area contributed by atoms with Crippen molar-refractivity contribution in [2.45, 2.75) is 25.6 Å². The van der Waals surface area contributed by atoms with Gasteiger partial charge in [-0.25, -0.2) is 4.79 Å². The molecule has 2 aromatic heterocycles. The highest BCUT2D eigenvalue weighted by Crippen LogP contribution is 2.33. The van der Waals surface area contributed by atoms with Crippen LogP contribution in [0, 0.1) is 13.8 Å². The minimum Gasteiger partial charge on any atom is -0.484 e. The second-order valence-corrected chi connectivity index (χ2v) is 9.07. The number of thiophene rings is 1. The lowest BCUT2D eigenvalue weighted by atomic mass is 10.1. The molecule has 0 fully saturated rings. The number of nitrogens with one attached hydrogen (secondary N) is 1. The maximum absolute atomic E-state index is 12.5. The predicted molar refractivity (Wildman–Crippen MR) is 121 cm³/mol. The smallest absolute Gasteiger partial charge is 0.341 e. The Morgan fingerprint density at radius 2 is 2.00 bits per heavy atom. The minimum absolute atomic E-state index is 0.105. The number of hydrogen-bond acceptors (Lipinski definition) is 8. The van der Waals surface area contributed by atoms with Crippen molar-refractivity contribution in [2.75, 3.05) is 18.2 Å². The third kappa shape index (κ3) is 5.38. The molecule has 0 bridgehead atoms. The molecule has 0 aliphatic heterocycles. The van der Waals surface area contributed by atoms with Gasteiger partial charge in [0.05, 0.1) is 23.4 Å². The van der Waals surface area contributed by atoms with Crippen LogP contribution >= 0.6 is 34.7 Å². The van der Waals surface area contributed by atoms with E-state index in [0.717, 1.165) is 10.4 Å². The Bertz CT molecular complexity index is 1110. The molecule has 1 amide bonds. The molecule has 0 saturated heterocycles. The number of methoxy groups -OCH3 is 1. The number of esters is 1. The van der Waals surface area contributed by atoms with Gasteiger partial charge in [-0.3, -0.25) is 4.79 Å². The molecular weight excluding hydrogens is 460 g/mol. The molecule has 0 radical (unpaired) electrons. The van der Waals surface area contributed by atoms with Crippen molar-refractivity contribution >= 4 is 51.6 Å². The third-order valence-corrected chi connectivity index (χ3v) is 6.93. The van der Waals surface area contributed by atoms with E-state index in [2.05, 4.69) is 15.5 Å². The summed E-state index contributed by atoms with van der Waals surface area (Å²) in [5, 5.41) is 12.6. The van der Waals surface area contributed by atoms with Gasteiger partial charge in [0.25, 0.3) is 0 Å². The fourth-order valence-corrected chi connectivity index (χ4v) is 4.64. The number of aryl methyl sites for hydroxylation is 1. The van der Waals surface area contributed by atoms with Crippen molar-refractivity contribution < 1.29 is 19.1 Å². The van der Waals surface area contributed by atoms with Crippen molar-refractivity contribution in [2.24, 2.45) is 7.05 Å². The fraction of sp³-hybridized carbons (Fsp3) is 0.300. The lowest BCUT2D eigenvalue weighted by Gasteiger charge is -2.08. The fourth-order valence-electron chi connectivity index (χ4n) is 2.66. The number of thioether (sulfide) groups is 1. The van der Waals surface area contributed by atoms with Crippen LogP contribution in [0.1, 0.15) is 26.6 Å². The highest BCUT2D eigenvalue weighted by atomic mass is 35.5. The van der Waals surface area contributed by atoms with E-state index in [1.165, 1.54) is 30.2 Å². The highest BCUT2D eigenvalue weighted by Gasteiger charge is 2.22. The van der Waals surface area contributed by atoms with Crippen LogP contribution in [0.4, 0.5) is 5.00 Å². The minimum atomic E-state index is -0.471. The number of hydrogen-bond donors (Lipinski definition) is 1. The van der Waals surface area contributed by atoms with Crippen LogP contribution in [0.5, 0.6) is 5.75 Å². The van der Waals surface area contributed by atoms with Gasteiger partial charge in [0.2, 0.25) is 5.91 Å². The van der Waals surface area contributed by atoms with E-state index in [4.69, 9.17) is 21.1 Å². The number of halogens is 1. The van der Waals surface area contributed by atoms with Crippen LogP contribution in [0.2, 0.25) is 5.02 Å². The average molecular weight is 481 g/mol. The first-order valence-electron chi connectivity index (χ1n) is 9.18. The number of aromatic nitrogens is 3. The van der Waals surface area contributed by atoms with Gasteiger partial charge in [-0.1, -0.05) is 35.5 Å². The largest absolute Gasteiger partial charge is 0.484 e. The molecule has 8 nitrogen and oxygen atoms in total. The second-order valence-electron chi connectivity index (χ2n) is 6.49. The molecule has 2 heterocycles. The van der Waals surface area contributed by atoms with E-state index >= 15 is 0 Å². The molecule has 1 N–H and O–H groups in total. The number of carbonyl (C=O) groups excluding carboxylic acids is 2. The normalized spacial score (nSPS) is 10.7. The van der Waals surface area contributed by atoms with Gasteiger partial charge in [-0.2, -0.15) is 0 Å². The van der Waals surface area contributed by atoms with Crippen molar-refractivity contribution in [1.29, 1.82) is 0 Å². The highest BCUT2D eigenvalue weighted by molar-refractivity contribution is 7.99. The number of benzene rings is 1. The second kappa shape index (κ2) is 10.2. The molecule has 0 aliphatic rings. The zero-order chi connectivity index (χ0) is 22.5. The zero-order valence-electron chi connectivity index (χ0n) is 17.4. The molecule has 11 heteroatoms. The summed E-state index contributed by atoms with van der Waals surface area (Å²) >= 11 is 8.67.